The SMILES string of the molecule is Cc1ccc(S(=O)(=O)N[C@H](C(=O)Sc2ccccc2)[C@@H](O[Si](C)(C)C(C)(C)C)c2ccccc2)cc1. The van der Waals surface area contributed by atoms with Gasteiger partial charge in [0.05, 0.1) is 11.0 Å². The van der Waals surface area contributed by atoms with Crippen molar-refractivity contribution in [3.63, 3.8) is 0 Å². The van der Waals surface area contributed by atoms with Gasteiger partial charge in [0, 0.05) is 4.90 Å². The van der Waals surface area contributed by atoms with E-state index < -0.39 is 30.5 Å². The van der Waals surface area contributed by atoms with Gasteiger partial charge in [-0.2, -0.15) is 4.72 Å². The summed E-state index contributed by atoms with van der Waals surface area (Å²) in [5.41, 5.74) is 1.70. The molecule has 0 saturated heterocycles. The van der Waals surface area contributed by atoms with Gasteiger partial charge in [-0.15, -0.1) is 0 Å². The number of thioether (sulfide) groups is 1. The van der Waals surface area contributed by atoms with Gasteiger partial charge >= 0.3 is 0 Å². The molecule has 0 radical (unpaired) electrons. The molecule has 0 heterocycles. The van der Waals surface area contributed by atoms with Gasteiger partial charge in [0.2, 0.25) is 15.1 Å². The van der Waals surface area contributed by atoms with Crippen molar-refractivity contribution < 1.29 is 17.6 Å². The summed E-state index contributed by atoms with van der Waals surface area (Å²) in [6.07, 6.45) is -0.795. The van der Waals surface area contributed by atoms with Crippen LogP contribution in [0.4, 0.5) is 0 Å². The van der Waals surface area contributed by atoms with Crippen LogP contribution in [0.3, 0.4) is 0 Å². The van der Waals surface area contributed by atoms with Gasteiger partial charge in [0.25, 0.3) is 0 Å². The lowest BCUT2D eigenvalue weighted by Crippen LogP contribution is -2.50. The maximum atomic E-state index is 13.8. The van der Waals surface area contributed by atoms with E-state index in [2.05, 4.69) is 38.6 Å². The maximum absolute atomic E-state index is 13.8. The molecule has 0 saturated carbocycles. The van der Waals surface area contributed by atoms with Crippen molar-refractivity contribution in [1.82, 2.24) is 4.72 Å². The number of carbonyl (C=O) groups is 1. The molecule has 5 nitrogen and oxygen atoms in total. The molecule has 0 unspecified atom stereocenters. The second kappa shape index (κ2) is 11.4. The number of sulfonamides is 1. The summed E-state index contributed by atoms with van der Waals surface area (Å²) in [5, 5.41) is -0.472. The number of carbonyl (C=O) groups excluding carboxylic acids is 1. The molecule has 3 rings (SSSR count). The van der Waals surface area contributed by atoms with Crippen molar-refractivity contribution in [1.29, 1.82) is 0 Å². The number of hydrogen-bond acceptors (Lipinski definition) is 5. The molecule has 1 N–H and O–H groups in total. The van der Waals surface area contributed by atoms with E-state index in [1.165, 1.54) is 0 Å². The average molecular weight is 542 g/mol. The Morgan fingerprint density at radius 3 is 1.94 bits per heavy atom. The molecule has 8 heteroatoms. The van der Waals surface area contributed by atoms with Crippen molar-refractivity contribution in [3.8, 4) is 0 Å². The first-order valence-corrected chi connectivity index (χ1v) is 17.1. The molecule has 36 heavy (non-hydrogen) atoms. The van der Waals surface area contributed by atoms with Crippen LogP contribution in [-0.2, 0) is 19.2 Å². The van der Waals surface area contributed by atoms with Gasteiger partial charge in [-0.1, -0.05) is 98.8 Å². The van der Waals surface area contributed by atoms with Crippen LogP contribution in [0, 0.1) is 6.92 Å². The van der Waals surface area contributed by atoms with Gasteiger partial charge in [0.15, 0.2) is 8.32 Å². The first kappa shape index (κ1) is 28.3. The van der Waals surface area contributed by atoms with Crippen LogP contribution in [0.25, 0.3) is 0 Å². The minimum Gasteiger partial charge on any atom is -0.408 e. The Balaban J connectivity index is 2.09. The molecular weight excluding hydrogens is 507 g/mol. The Kier molecular flexibility index (Phi) is 9.00. The highest BCUT2D eigenvalue weighted by molar-refractivity contribution is 8.13. The quantitative estimate of drug-likeness (QED) is 0.240. The molecule has 0 fully saturated rings. The van der Waals surface area contributed by atoms with Crippen LogP contribution in [0.15, 0.2) is 94.7 Å². The van der Waals surface area contributed by atoms with Crippen molar-refractivity contribution in [2.24, 2.45) is 0 Å². The first-order valence-electron chi connectivity index (χ1n) is 11.9. The third-order valence-electron chi connectivity index (χ3n) is 6.49. The number of nitrogens with one attached hydrogen (secondary N) is 1. The van der Waals surface area contributed by atoms with E-state index in [0.29, 0.717) is 0 Å². The molecule has 0 spiro atoms. The zero-order chi connectivity index (χ0) is 26.6. The zero-order valence-corrected chi connectivity index (χ0v) is 24.3. The topological polar surface area (TPSA) is 72.5 Å². The van der Waals surface area contributed by atoms with Crippen LogP contribution >= 0.6 is 11.8 Å². The van der Waals surface area contributed by atoms with Crippen LogP contribution < -0.4 is 4.72 Å². The summed E-state index contributed by atoms with van der Waals surface area (Å²) in [6, 6.07) is 24.1. The standard InChI is InChI=1S/C28H35NO4S2Si/c1-21-17-19-24(20-18-21)35(31,32)29-25(27(30)34-23-15-11-8-12-16-23)26(22-13-9-7-10-14-22)33-36(5,6)28(2,3)4/h7-20,25-26,29H,1-6H3/t25-,26-/m0/s1. The second-order valence-corrected chi connectivity index (χ2v) is 17.9. The van der Waals surface area contributed by atoms with Crippen molar-refractivity contribution in [2.45, 2.75) is 67.8 Å². The summed E-state index contributed by atoms with van der Waals surface area (Å²) < 4.78 is 36.5. The predicted octanol–water partition coefficient (Wildman–Crippen LogP) is 6.72. The lowest BCUT2D eigenvalue weighted by Gasteiger charge is -2.41. The van der Waals surface area contributed by atoms with E-state index in [4.69, 9.17) is 4.43 Å². The first-order chi connectivity index (χ1) is 16.8. The van der Waals surface area contributed by atoms with Gasteiger partial charge < -0.3 is 4.43 Å². The Hall–Kier alpha value is -2.23. The van der Waals surface area contributed by atoms with Crippen LogP contribution in [0.5, 0.6) is 0 Å². The Morgan fingerprint density at radius 2 is 1.42 bits per heavy atom. The third kappa shape index (κ3) is 7.17. The molecule has 0 aliphatic rings. The number of hydrogen-bond donors (Lipinski definition) is 1. The molecule has 0 aliphatic carbocycles. The normalized spacial score (nSPS) is 14.3. The number of aryl methyl sites for hydroxylation is 1. The highest BCUT2D eigenvalue weighted by Gasteiger charge is 2.44. The molecule has 192 valence electrons. The van der Waals surface area contributed by atoms with Crippen LogP contribution in [0.1, 0.15) is 38.0 Å². The van der Waals surface area contributed by atoms with E-state index in [1.807, 2.05) is 67.6 Å². The van der Waals surface area contributed by atoms with Crippen LogP contribution in [-0.4, -0.2) is 27.9 Å². The lowest BCUT2D eigenvalue weighted by molar-refractivity contribution is -0.114. The number of benzene rings is 3. The fraction of sp³-hybridized carbons (Fsp3) is 0.321. The van der Waals surface area contributed by atoms with E-state index in [0.717, 1.165) is 27.8 Å². The highest BCUT2D eigenvalue weighted by atomic mass is 32.2. The van der Waals surface area contributed by atoms with Gasteiger partial charge in [0.1, 0.15) is 6.04 Å². The lowest BCUT2D eigenvalue weighted by atomic mass is 10.0. The highest BCUT2D eigenvalue weighted by Crippen LogP contribution is 2.41. The number of rotatable bonds is 9. The minimum absolute atomic E-state index is 0.106. The molecule has 0 bridgehead atoms. The summed E-state index contributed by atoms with van der Waals surface area (Å²) in [5.74, 6) is 0. The van der Waals surface area contributed by atoms with Gasteiger partial charge in [-0.25, -0.2) is 8.42 Å². The van der Waals surface area contributed by atoms with E-state index in [9.17, 15) is 13.2 Å². The van der Waals surface area contributed by atoms with Crippen molar-refractivity contribution in [3.05, 3.63) is 96.1 Å². The second-order valence-electron chi connectivity index (χ2n) is 10.4. The fourth-order valence-corrected chi connectivity index (χ4v) is 6.69. The Labute approximate surface area is 220 Å². The third-order valence-corrected chi connectivity index (χ3v) is 13.4. The van der Waals surface area contributed by atoms with Gasteiger partial charge in [-0.05, 0) is 54.9 Å². The molecule has 0 aliphatic heterocycles. The molecule has 3 aromatic carbocycles. The van der Waals surface area contributed by atoms with E-state index in [-0.39, 0.29) is 15.0 Å². The fourth-order valence-electron chi connectivity index (χ4n) is 3.32. The average Bonchev–Trinajstić information content (AvgIpc) is 2.82. The summed E-state index contributed by atoms with van der Waals surface area (Å²) >= 11 is 1.02. The van der Waals surface area contributed by atoms with E-state index in [1.54, 1.807) is 24.3 Å². The summed E-state index contributed by atoms with van der Waals surface area (Å²) in [4.78, 5) is 14.6. The van der Waals surface area contributed by atoms with Gasteiger partial charge in [-0.3, -0.25) is 4.79 Å². The maximum Gasteiger partial charge on any atom is 0.241 e. The molecule has 2 atom stereocenters. The monoisotopic (exact) mass is 541 g/mol. The molecule has 3 aromatic rings. The largest absolute Gasteiger partial charge is 0.408 e. The van der Waals surface area contributed by atoms with E-state index >= 15 is 0 Å². The smallest absolute Gasteiger partial charge is 0.241 e. The Bertz CT molecular complexity index is 1260. The summed E-state index contributed by atoms with van der Waals surface area (Å²) in [6.45, 7) is 12.5. The Morgan fingerprint density at radius 1 is 0.889 bits per heavy atom. The van der Waals surface area contributed by atoms with Crippen LogP contribution in [0.2, 0.25) is 18.1 Å². The minimum atomic E-state index is -4.01. The summed E-state index contributed by atoms with van der Waals surface area (Å²) in [7, 11) is -6.42. The molecular formula is C28H35NO4S2Si. The molecule has 0 amide bonds. The predicted molar refractivity (Wildman–Crippen MR) is 150 cm³/mol. The van der Waals surface area contributed by atoms with Crippen molar-refractivity contribution >= 4 is 35.2 Å². The van der Waals surface area contributed by atoms with Crippen molar-refractivity contribution in [2.75, 3.05) is 0 Å². The zero-order valence-electron chi connectivity index (χ0n) is 21.7. The molecule has 0 aromatic heterocycles.